The van der Waals surface area contributed by atoms with Crippen LogP contribution in [0.1, 0.15) is 58.1 Å². The number of benzene rings is 2. The third-order valence-electron chi connectivity index (χ3n) is 5.90. The van der Waals surface area contributed by atoms with E-state index < -0.39 is 40.9 Å². The van der Waals surface area contributed by atoms with Crippen molar-refractivity contribution in [2.75, 3.05) is 0 Å². The van der Waals surface area contributed by atoms with Crippen LogP contribution in [0.15, 0.2) is 64.9 Å². The molecule has 208 valence electrons. The number of alkyl carbamates (subject to hydrolysis) is 1. The first-order valence-electron chi connectivity index (χ1n) is 12.1. The summed E-state index contributed by atoms with van der Waals surface area (Å²) >= 11 is 7.63. The second kappa shape index (κ2) is 12.9. The van der Waals surface area contributed by atoms with Gasteiger partial charge in [0.15, 0.2) is 0 Å². The predicted octanol–water partition coefficient (Wildman–Crippen LogP) is 8.39. The molecule has 0 saturated heterocycles. The summed E-state index contributed by atoms with van der Waals surface area (Å²) in [4.78, 5) is 26.1. The molecular formula is C28H33ClF3NO4S. The van der Waals surface area contributed by atoms with Crippen molar-refractivity contribution < 1.29 is 32.6 Å². The molecule has 0 radical (unpaired) electrons. The Hall–Kier alpha value is -2.65. The molecule has 0 heterocycles. The molecule has 0 bridgehead atoms. The van der Waals surface area contributed by atoms with Crippen LogP contribution in [0.25, 0.3) is 0 Å². The van der Waals surface area contributed by atoms with Crippen molar-refractivity contribution >= 4 is 35.4 Å². The zero-order chi connectivity index (χ0) is 28.7. The Kier molecular flexibility index (Phi) is 10.7. The quantitative estimate of drug-likeness (QED) is 0.265. The highest BCUT2D eigenvalue weighted by Gasteiger charge is 2.45. The van der Waals surface area contributed by atoms with E-state index in [1.165, 1.54) is 12.1 Å². The Morgan fingerprint density at radius 2 is 1.82 bits per heavy atom. The Balaban J connectivity index is 2.17. The fourth-order valence-electron chi connectivity index (χ4n) is 4.09. The average molecular weight is 572 g/mol. The van der Waals surface area contributed by atoms with Crippen LogP contribution in [-0.4, -0.2) is 28.3 Å². The highest BCUT2D eigenvalue weighted by molar-refractivity contribution is 7.99. The molecule has 38 heavy (non-hydrogen) atoms. The van der Waals surface area contributed by atoms with Crippen LogP contribution < -0.4 is 5.32 Å². The van der Waals surface area contributed by atoms with Gasteiger partial charge in [-0.2, -0.15) is 13.2 Å². The maximum absolute atomic E-state index is 13.0. The minimum absolute atomic E-state index is 0.100. The largest absolute Gasteiger partial charge is 0.479 e. The number of nitrogens with one attached hydrogen (secondary N) is 1. The number of ether oxygens (including phenoxy) is 1. The van der Waals surface area contributed by atoms with E-state index >= 15 is 0 Å². The molecular weight excluding hydrogens is 539 g/mol. The fraction of sp³-hybridized carbons (Fsp3) is 0.429. The molecule has 10 heteroatoms. The van der Waals surface area contributed by atoms with E-state index in [0.29, 0.717) is 34.1 Å². The summed E-state index contributed by atoms with van der Waals surface area (Å²) in [5.41, 5.74) is -2.39. The lowest BCUT2D eigenvalue weighted by atomic mass is 9.78. The Bertz CT molecular complexity index is 1150. The first-order valence-corrected chi connectivity index (χ1v) is 13.3. The van der Waals surface area contributed by atoms with Gasteiger partial charge in [0.2, 0.25) is 0 Å². The number of hydrogen-bond donors (Lipinski definition) is 2. The average Bonchev–Trinajstić information content (AvgIpc) is 2.79. The molecule has 2 aromatic carbocycles. The van der Waals surface area contributed by atoms with Gasteiger partial charge in [0.25, 0.3) is 0 Å². The van der Waals surface area contributed by atoms with E-state index in [2.05, 4.69) is 11.9 Å². The molecule has 0 spiro atoms. The highest BCUT2D eigenvalue weighted by atomic mass is 35.5. The smallest absolute Gasteiger partial charge is 0.416 e. The SMILES string of the molecule is C=CC(CC)C(CCCc1ccc(Sc2cccc(C(F)(F)F)c2)cc1Cl)(NC(=O)OC(C)(C)C)C(=O)O. The number of aryl methyl sites for hydroxylation is 1. The number of alkyl halides is 3. The highest BCUT2D eigenvalue weighted by Crippen LogP contribution is 2.36. The van der Waals surface area contributed by atoms with Crippen molar-refractivity contribution in [2.45, 2.75) is 80.5 Å². The molecule has 0 aliphatic heterocycles. The summed E-state index contributed by atoms with van der Waals surface area (Å²) in [6.45, 7) is 10.7. The Morgan fingerprint density at radius 3 is 2.34 bits per heavy atom. The summed E-state index contributed by atoms with van der Waals surface area (Å²) < 4.78 is 44.4. The Morgan fingerprint density at radius 1 is 1.16 bits per heavy atom. The van der Waals surface area contributed by atoms with E-state index in [1.807, 2.05) is 6.92 Å². The second-order valence-electron chi connectivity index (χ2n) is 9.89. The van der Waals surface area contributed by atoms with Crippen molar-refractivity contribution in [2.24, 2.45) is 5.92 Å². The van der Waals surface area contributed by atoms with Gasteiger partial charge in [-0.25, -0.2) is 9.59 Å². The first kappa shape index (κ1) is 31.6. The number of carbonyl (C=O) groups excluding carboxylic acids is 1. The molecule has 0 fully saturated rings. The molecule has 2 atom stereocenters. The molecule has 2 N–H and O–H groups in total. The van der Waals surface area contributed by atoms with Gasteiger partial charge in [0, 0.05) is 20.7 Å². The van der Waals surface area contributed by atoms with E-state index in [-0.39, 0.29) is 6.42 Å². The topological polar surface area (TPSA) is 75.6 Å². The number of aliphatic carboxylic acids is 1. The molecule has 0 aliphatic rings. The summed E-state index contributed by atoms with van der Waals surface area (Å²) in [7, 11) is 0. The molecule has 0 aliphatic carbocycles. The standard InChI is InChI=1S/C28H33ClF3NO4S/c1-6-19(7-2)27(24(34)35,33-25(36)37-26(3,4)5)15-9-10-18-13-14-22(17-23(18)29)38-21-12-8-11-20(16-21)28(30,31)32/h6,8,11-14,16-17,19H,1,7,9-10,15H2,2-5H3,(H,33,36)(H,34,35). The lowest BCUT2D eigenvalue weighted by Gasteiger charge is -2.36. The summed E-state index contributed by atoms with van der Waals surface area (Å²) in [6.07, 6.45) is -2.38. The molecule has 2 rings (SSSR count). The van der Waals surface area contributed by atoms with Crippen molar-refractivity contribution in [3.8, 4) is 0 Å². The van der Waals surface area contributed by atoms with Gasteiger partial charge in [-0.15, -0.1) is 6.58 Å². The summed E-state index contributed by atoms with van der Waals surface area (Å²) in [6, 6.07) is 10.2. The van der Waals surface area contributed by atoms with Crippen molar-refractivity contribution in [3.05, 3.63) is 71.3 Å². The molecule has 1 amide bonds. The van der Waals surface area contributed by atoms with Crippen LogP contribution in [0.5, 0.6) is 0 Å². The maximum Gasteiger partial charge on any atom is 0.416 e. The van der Waals surface area contributed by atoms with Crippen LogP contribution in [0.3, 0.4) is 0 Å². The van der Waals surface area contributed by atoms with Gasteiger partial charge < -0.3 is 15.2 Å². The molecule has 0 aromatic heterocycles. The van der Waals surface area contributed by atoms with Gasteiger partial charge in [-0.3, -0.25) is 0 Å². The second-order valence-corrected chi connectivity index (χ2v) is 11.4. The maximum atomic E-state index is 13.0. The number of rotatable bonds is 11. The van der Waals surface area contributed by atoms with Gasteiger partial charge in [-0.05, 0) is 82.3 Å². The van der Waals surface area contributed by atoms with E-state index in [9.17, 15) is 27.9 Å². The van der Waals surface area contributed by atoms with Crippen LogP contribution >= 0.6 is 23.4 Å². The van der Waals surface area contributed by atoms with Crippen molar-refractivity contribution in [1.82, 2.24) is 5.32 Å². The van der Waals surface area contributed by atoms with Crippen molar-refractivity contribution in [1.29, 1.82) is 0 Å². The zero-order valence-corrected chi connectivity index (χ0v) is 23.4. The fourth-order valence-corrected chi connectivity index (χ4v) is 5.34. The lowest BCUT2D eigenvalue weighted by Crippen LogP contribution is -2.59. The third kappa shape index (κ3) is 8.70. The molecule has 0 saturated carbocycles. The van der Waals surface area contributed by atoms with Gasteiger partial charge >= 0.3 is 18.2 Å². The normalized spacial score (nSPS) is 14.3. The van der Waals surface area contributed by atoms with E-state index in [4.69, 9.17) is 16.3 Å². The molecule has 2 unspecified atom stereocenters. The van der Waals surface area contributed by atoms with Crippen molar-refractivity contribution in [3.63, 3.8) is 0 Å². The lowest BCUT2D eigenvalue weighted by molar-refractivity contribution is -0.147. The van der Waals surface area contributed by atoms with Gasteiger partial charge in [0.05, 0.1) is 5.56 Å². The number of halogens is 4. The van der Waals surface area contributed by atoms with Gasteiger partial charge in [-0.1, -0.05) is 48.5 Å². The Labute approximate surface area is 230 Å². The first-order chi connectivity index (χ1) is 17.6. The van der Waals surface area contributed by atoms with Gasteiger partial charge in [0.1, 0.15) is 11.1 Å². The summed E-state index contributed by atoms with van der Waals surface area (Å²) in [5.74, 6) is -1.73. The predicted molar refractivity (Wildman–Crippen MR) is 144 cm³/mol. The number of carboxylic acids is 1. The van der Waals surface area contributed by atoms with Crippen LogP contribution in [0.4, 0.5) is 18.0 Å². The van der Waals surface area contributed by atoms with Crippen LogP contribution in [0, 0.1) is 5.92 Å². The van der Waals surface area contributed by atoms with E-state index in [1.54, 1.807) is 45.0 Å². The van der Waals surface area contributed by atoms with E-state index in [0.717, 1.165) is 29.5 Å². The minimum Gasteiger partial charge on any atom is -0.479 e. The minimum atomic E-state index is -4.43. The third-order valence-corrected chi connectivity index (χ3v) is 7.23. The number of carboxylic acid groups (broad SMARTS) is 1. The summed E-state index contributed by atoms with van der Waals surface area (Å²) in [5, 5.41) is 13.2. The molecule has 5 nitrogen and oxygen atoms in total. The van der Waals surface area contributed by atoms with Crippen LogP contribution in [-0.2, 0) is 22.1 Å². The number of hydrogen-bond acceptors (Lipinski definition) is 4. The monoisotopic (exact) mass is 571 g/mol. The zero-order valence-electron chi connectivity index (χ0n) is 21.8. The number of carbonyl (C=O) groups is 2. The van der Waals surface area contributed by atoms with Crippen LogP contribution in [0.2, 0.25) is 5.02 Å². The molecule has 2 aromatic rings. The number of amides is 1.